The minimum Gasteiger partial charge on any atom is -0.294 e. The fraction of sp³-hybridized carbons (Fsp3) is 0.471. The Hall–Kier alpha value is -1.37. The van der Waals surface area contributed by atoms with E-state index in [1.807, 2.05) is 30.3 Å². The van der Waals surface area contributed by atoms with E-state index < -0.39 is 0 Å². The van der Waals surface area contributed by atoms with Gasteiger partial charge >= 0.3 is 0 Å². The van der Waals surface area contributed by atoms with Crippen molar-refractivity contribution in [3.05, 3.63) is 42.0 Å². The average Bonchev–Trinajstić information content (AvgIpc) is 2.77. The monoisotopic (exact) mass is 242 g/mol. The summed E-state index contributed by atoms with van der Waals surface area (Å²) in [4.78, 5) is 12.3. The molecule has 0 amide bonds. The van der Waals surface area contributed by atoms with Gasteiger partial charge in [0.2, 0.25) is 0 Å². The van der Waals surface area contributed by atoms with Crippen molar-refractivity contribution in [1.82, 2.24) is 0 Å². The zero-order valence-corrected chi connectivity index (χ0v) is 11.2. The van der Waals surface area contributed by atoms with Gasteiger partial charge in [0.1, 0.15) is 0 Å². The quantitative estimate of drug-likeness (QED) is 0.665. The molecule has 1 atom stereocenters. The van der Waals surface area contributed by atoms with Gasteiger partial charge in [-0.2, -0.15) is 0 Å². The first-order chi connectivity index (χ1) is 8.83. The van der Waals surface area contributed by atoms with Crippen LogP contribution in [0, 0.1) is 5.92 Å². The van der Waals surface area contributed by atoms with Gasteiger partial charge in [0.25, 0.3) is 0 Å². The van der Waals surface area contributed by atoms with Gasteiger partial charge in [-0.3, -0.25) is 4.79 Å². The van der Waals surface area contributed by atoms with Crippen LogP contribution in [0.5, 0.6) is 0 Å². The molecule has 0 N–H and O–H groups in total. The Morgan fingerprint density at radius 3 is 2.61 bits per heavy atom. The van der Waals surface area contributed by atoms with Crippen LogP contribution >= 0.6 is 0 Å². The largest absolute Gasteiger partial charge is 0.294 e. The number of carbonyl (C=O) groups is 1. The third-order valence-corrected chi connectivity index (χ3v) is 3.73. The highest BCUT2D eigenvalue weighted by Gasteiger charge is 2.27. The number of Topliss-reactive ketones (excluding diaryl/α,β-unsaturated/α-hetero) is 1. The molecule has 2 rings (SSSR count). The number of carbonyl (C=O) groups excluding carboxylic acids is 1. The SMILES string of the molecule is CCCCCCC1CC=C(c2ccccc2)C1=O. The summed E-state index contributed by atoms with van der Waals surface area (Å²) in [5, 5.41) is 0. The molecule has 0 bridgehead atoms. The standard InChI is InChI=1S/C17H22O/c1-2-3-4-6-11-15-12-13-16(17(15)18)14-9-7-5-8-10-14/h5,7-10,13,15H,2-4,6,11-12H2,1H3. The van der Waals surface area contributed by atoms with Gasteiger partial charge in [-0.1, -0.05) is 69.0 Å². The Kier molecular flexibility index (Phi) is 4.74. The lowest BCUT2D eigenvalue weighted by molar-refractivity contribution is -0.116. The van der Waals surface area contributed by atoms with Crippen LogP contribution in [-0.2, 0) is 4.79 Å². The van der Waals surface area contributed by atoms with Crippen LogP contribution in [0.15, 0.2) is 36.4 Å². The maximum atomic E-state index is 12.3. The molecular formula is C17H22O. The van der Waals surface area contributed by atoms with Crippen molar-refractivity contribution in [3.63, 3.8) is 0 Å². The van der Waals surface area contributed by atoms with E-state index in [9.17, 15) is 4.79 Å². The van der Waals surface area contributed by atoms with Gasteiger partial charge in [-0.25, -0.2) is 0 Å². The smallest absolute Gasteiger partial charge is 0.166 e. The summed E-state index contributed by atoms with van der Waals surface area (Å²) < 4.78 is 0. The highest BCUT2D eigenvalue weighted by Crippen LogP contribution is 2.31. The Labute approximate surface area is 110 Å². The van der Waals surface area contributed by atoms with E-state index in [2.05, 4.69) is 13.0 Å². The third kappa shape index (κ3) is 3.10. The van der Waals surface area contributed by atoms with Crippen molar-refractivity contribution >= 4 is 11.4 Å². The van der Waals surface area contributed by atoms with Gasteiger partial charge < -0.3 is 0 Å². The van der Waals surface area contributed by atoms with Gasteiger partial charge in [-0.15, -0.1) is 0 Å². The van der Waals surface area contributed by atoms with E-state index in [1.54, 1.807) is 0 Å². The fourth-order valence-electron chi connectivity index (χ4n) is 2.63. The summed E-state index contributed by atoms with van der Waals surface area (Å²) >= 11 is 0. The molecule has 0 saturated heterocycles. The number of unbranched alkanes of at least 4 members (excludes halogenated alkanes) is 3. The molecule has 1 aliphatic rings. The molecule has 18 heavy (non-hydrogen) atoms. The molecule has 0 aromatic heterocycles. The van der Waals surface area contributed by atoms with Crippen LogP contribution in [-0.4, -0.2) is 5.78 Å². The van der Waals surface area contributed by atoms with Crippen molar-refractivity contribution < 1.29 is 4.79 Å². The maximum absolute atomic E-state index is 12.3. The van der Waals surface area contributed by atoms with Gasteiger partial charge in [0, 0.05) is 11.5 Å². The van der Waals surface area contributed by atoms with Crippen molar-refractivity contribution in [1.29, 1.82) is 0 Å². The van der Waals surface area contributed by atoms with Gasteiger partial charge in [-0.05, 0) is 18.4 Å². The topological polar surface area (TPSA) is 17.1 Å². The van der Waals surface area contributed by atoms with Crippen LogP contribution in [0.3, 0.4) is 0 Å². The second kappa shape index (κ2) is 6.53. The molecule has 1 aliphatic carbocycles. The summed E-state index contributed by atoms with van der Waals surface area (Å²) in [7, 11) is 0. The van der Waals surface area contributed by atoms with Gasteiger partial charge in [0.15, 0.2) is 5.78 Å². The molecule has 0 fully saturated rings. The lowest BCUT2D eigenvalue weighted by Crippen LogP contribution is -2.09. The van der Waals surface area contributed by atoms with E-state index in [0.717, 1.165) is 24.0 Å². The molecule has 1 aromatic rings. The number of allylic oxidation sites excluding steroid dienone is 2. The first-order valence-electron chi connectivity index (χ1n) is 7.12. The number of rotatable bonds is 6. The molecule has 1 unspecified atom stereocenters. The molecular weight excluding hydrogens is 220 g/mol. The Morgan fingerprint density at radius 1 is 1.11 bits per heavy atom. The van der Waals surface area contributed by atoms with Crippen molar-refractivity contribution in [2.75, 3.05) is 0 Å². The highest BCUT2D eigenvalue weighted by molar-refractivity contribution is 6.23. The molecule has 1 aromatic carbocycles. The second-order valence-corrected chi connectivity index (χ2v) is 5.13. The Balaban J connectivity index is 1.89. The summed E-state index contributed by atoms with van der Waals surface area (Å²) in [5.41, 5.74) is 2.02. The highest BCUT2D eigenvalue weighted by atomic mass is 16.1. The predicted molar refractivity (Wildman–Crippen MR) is 76.3 cm³/mol. The minimum atomic E-state index is 0.247. The van der Waals surface area contributed by atoms with Gasteiger partial charge in [0.05, 0.1) is 0 Å². The molecule has 0 heterocycles. The predicted octanol–water partition coefficient (Wildman–Crippen LogP) is 4.63. The van der Waals surface area contributed by atoms with Crippen LogP contribution in [0.2, 0.25) is 0 Å². The lowest BCUT2D eigenvalue weighted by Gasteiger charge is -2.09. The summed E-state index contributed by atoms with van der Waals surface area (Å²) in [5.74, 6) is 0.606. The minimum absolute atomic E-state index is 0.247. The van der Waals surface area contributed by atoms with Crippen molar-refractivity contribution in [2.24, 2.45) is 5.92 Å². The molecule has 1 heteroatoms. The zero-order valence-electron chi connectivity index (χ0n) is 11.2. The summed E-state index contributed by atoms with van der Waals surface area (Å²) in [6.45, 7) is 2.22. The molecule has 0 saturated carbocycles. The first-order valence-corrected chi connectivity index (χ1v) is 7.12. The second-order valence-electron chi connectivity index (χ2n) is 5.13. The molecule has 0 aliphatic heterocycles. The van der Waals surface area contributed by atoms with E-state index >= 15 is 0 Å². The summed E-state index contributed by atoms with van der Waals surface area (Å²) in [6, 6.07) is 10.0. The van der Waals surface area contributed by atoms with Crippen LogP contribution < -0.4 is 0 Å². The molecule has 1 nitrogen and oxygen atoms in total. The lowest BCUT2D eigenvalue weighted by atomic mass is 9.94. The normalized spacial score (nSPS) is 19.1. The molecule has 96 valence electrons. The number of hydrogen-bond donors (Lipinski definition) is 0. The molecule has 0 radical (unpaired) electrons. The van der Waals surface area contributed by atoms with E-state index in [1.165, 1.54) is 25.7 Å². The average molecular weight is 242 g/mol. The summed E-state index contributed by atoms with van der Waals surface area (Å²) in [6.07, 6.45) is 9.14. The maximum Gasteiger partial charge on any atom is 0.166 e. The van der Waals surface area contributed by atoms with Crippen molar-refractivity contribution in [2.45, 2.75) is 45.4 Å². The zero-order chi connectivity index (χ0) is 12.8. The van der Waals surface area contributed by atoms with E-state index in [0.29, 0.717) is 5.78 Å². The third-order valence-electron chi connectivity index (χ3n) is 3.73. The van der Waals surface area contributed by atoms with Crippen LogP contribution in [0.25, 0.3) is 5.57 Å². The van der Waals surface area contributed by atoms with Crippen molar-refractivity contribution in [3.8, 4) is 0 Å². The van der Waals surface area contributed by atoms with E-state index in [-0.39, 0.29) is 5.92 Å². The van der Waals surface area contributed by atoms with E-state index in [4.69, 9.17) is 0 Å². The number of hydrogen-bond acceptors (Lipinski definition) is 1. The fourth-order valence-corrected chi connectivity index (χ4v) is 2.63. The van der Waals surface area contributed by atoms with Crippen LogP contribution in [0.1, 0.15) is 51.0 Å². The number of ketones is 1. The van der Waals surface area contributed by atoms with Crippen LogP contribution in [0.4, 0.5) is 0 Å². The molecule has 0 spiro atoms. The Bertz CT molecular complexity index is 416. The number of benzene rings is 1. The Morgan fingerprint density at radius 2 is 1.89 bits per heavy atom. The first kappa shape index (κ1) is 13.1.